The molecule has 0 radical (unpaired) electrons. The Morgan fingerprint density at radius 2 is 1.78 bits per heavy atom. The second kappa shape index (κ2) is 4.79. The Morgan fingerprint density at radius 1 is 1.11 bits per heavy atom. The quantitative estimate of drug-likeness (QED) is 0.808. The van der Waals surface area contributed by atoms with Gasteiger partial charge in [-0.2, -0.15) is 0 Å². The molecule has 18 heavy (non-hydrogen) atoms. The number of benzene rings is 2. The Labute approximate surface area is 106 Å². The Bertz CT molecular complexity index is 567. The normalized spacial score (nSPS) is 10.1. The van der Waals surface area contributed by atoms with Crippen LogP contribution in [0, 0.1) is 0 Å². The van der Waals surface area contributed by atoms with Gasteiger partial charge in [-0.15, -0.1) is 0 Å². The van der Waals surface area contributed by atoms with E-state index in [1.54, 1.807) is 18.2 Å². The molecule has 4 N–H and O–H groups in total. The lowest BCUT2D eigenvalue weighted by Crippen LogP contribution is -2.14. The number of nitrogens with two attached hydrogens (primary N) is 2. The predicted octanol–water partition coefficient (Wildman–Crippen LogP) is 2.14. The van der Waals surface area contributed by atoms with Crippen molar-refractivity contribution in [3.63, 3.8) is 0 Å². The van der Waals surface area contributed by atoms with Gasteiger partial charge < -0.3 is 16.4 Å². The van der Waals surface area contributed by atoms with Crippen molar-refractivity contribution < 1.29 is 4.79 Å². The van der Waals surface area contributed by atoms with Crippen molar-refractivity contribution in [2.75, 3.05) is 17.7 Å². The third-order valence-electron chi connectivity index (χ3n) is 2.82. The van der Waals surface area contributed by atoms with Gasteiger partial charge in [-0.05, 0) is 30.3 Å². The van der Waals surface area contributed by atoms with E-state index in [1.165, 1.54) is 0 Å². The van der Waals surface area contributed by atoms with Gasteiger partial charge in [0.1, 0.15) is 0 Å². The number of hydrogen-bond acceptors (Lipinski definition) is 3. The molecule has 0 unspecified atom stereocenters. The summed E-state index contributed by atoms with van der Waals surface area (Å²) in [6.45, 7) is 0. The zero-order chi connectivity index (χ0) is 13.1. The molecule has 0 saturated carbocycles. The molecule has 2 aromatic carbocycles. The van der Waals surface area contributed by atoms with E-state index in [9.17, 15) is 4.79 Å². The van der Waals surface area contributed by atoms with E-state index >= 15 is 0 Å². The van der Waals surface area contributed by atoms with E-state index in [4.69, 9.17) is 11.5 Å². The van der Waals surface area contributed by atoms with Crippen LogP contribution in [0.15, 0.2) is 48.5 Å². The first kappa shape index (κ1) is 12.0. The number of rotatable bonds is 3. The van der Waals surface area contributed by atoms with E-state index in [0.717, 1.165) is 11.4 Å². The van der Waals surface area contributed by atoms with Gasteiger partial charge in [0, 0.05) is 18.3 Å². The van der Waals surface area contributed by atoms with Gasteiger partial charge in [-0.3, -0.25) is 4.79 Å². The third-order valence-corrected chi connectivity index (χ3v) is 2.82. The van der Waals surface area contributed by atoms with E-state index < -0.39 is 5.91 Å². The van der Waals surface area contributed by atoms with Crippen LogP contribution in [0.3, 0.4) is 0 Å². The highest BCUT2D eigenvalue weighted by atomic mass is 16.1. The van der Waals surface area contributed by atoms with E-state index in [2.05, 4.69) is 0 Å². The number of primary amides is 1. The third kappa shape index (κ3) is 2.27. The summed E-state index contributed by atoms with van der Waals surface area (Å²) in [4.78, 5) is 13.0. The Morgan fingerprint density at radius 3 is 2.33 bits per heavy atom. The van der Waals surface area contributed by atoms with Crippen LogP contribution in [-0.2, 0) is 0 Å². The van der Waals surface area contributed by atoms with Crippen molar-refractivity contribution in [1.82, 2.24) is 0 Å². The summed E-state index contributed by atoms with van der Waals surface area (Å²) in [6.07, 6.45) is 0. The Balaban J connectivity index is 2.37. The number of nitrogen functional groups attached to an aromatic ring is 1. The minimum atomic E-state index is -0.476. The summed E-state index contributed by atoms with van der Waals surface area (Å²) >= 11 is 0. The van der Waals surface area contributed by atoms with Crippen LogP contribution in [0.2, 0.25) is 0 Å². The van der Waals surface area contributed by atoms with Crippen LogP contribution in [0.4, 0.5) is 17.1 Å². The minimum Gasteiger partial charge on any atom is -0.397 e. The number of carbonyl (C=O) groups is 1. The van der Waals surface area contributed by atoms with Crippen molar-refractivity contribution in [1.29, 1.82) is 0 Å². The molecule has 0 heterocycles. The van der Waals surface area contributed by atoms with Crippen LogP contribution in [0.25, 0.3) is 0 Å². The highest BCUT2D eigenvalue weighted by Gasteiger charge is 2.09. The van der Waals surface area contributed by atoms with Crippen LogP contribution >= 0.6 is 0 Å². The molecule has 0 saturated heterocycles. The lowest BCUT2D eigenvalue weighted by molar-refractivity contribution is 0.100. The molecule has 4 heteroatoms. The van der Waals surface area contributed by atoms with Crippen molar-refractivity contribution in [2.24, 2.45) is 5.73 Å². The summed E-state index contributed by atoms with van der Waals surface area (Å²) in [6, 6.07) is 14.9. The minimum absolute atomic E-state index is 0.415. The molecule has 2 rings (SSSR count). The molecule has 0 aromatic heterocycles. The SMILES string of the molecule is CN(c1ccccc1)c1ccc(C(N)=O)cc1N. The largest absolute Gasteiger partial charge is 0.397 e. The van der Waals surface area contributed by atoms with Crippen LogP contribution < -0.4 is 16.4 Å². The lowest BCUT2D eigenvalue weighted by atomic mass is 10.1. The molecule has 0 aliphatic carbocycles. The number of amides is 1. The predicted molar refractivity (Wildman–Crippen MR) is 73.9 cm³/mol. The van der Waals surface area contributed by atoms with E-state index in [1.807, 2.05) is 42.3 Å². The maximum Gasteiger partial charge on any atom is 0.248 e. The Hall–Kier alpha value is -2.49. The fraction of sp³-hybridized carbons (Fsp3) is 0.0714. The maximum atomic E-state index is 11.1. The molecule has 0 aliphatic rings. The first-order chi connectivity index (χ1) is 8.59. The number of hydrogen-bond donors (Lipinski definition) is 2. The molecule has 0 spiro atoms. The van der Waals surface area contributed by atoms with Gasteiger partial charge in [0.25, 0.3) is 0 Å². The van der Waals surface area contributed by atoms with Crippen molar-refractivity contribution in [3.8, 4) is 0 Å². The van der Waals surface area contributed by atoms with Gasteiger partial charge in [0.05, 0.1) is 11.4 Å². The zero-order valence-electron chi connectivity index (χ0n) is 10.1. The molecule has 0 bridgehead atoms. The maximum absolute atomic E-state index is 11.1. The standard InChI is InChI=1S/C14H15N3O/c1-17(11-5-3-2-4-6-11)13-8-7-10(14(16)18)9-12(13)15/h2-9H,15H2,1H3,(H2,16,18). The summed E-state index contributed by atoms with van der Waals surface area (Å²) in [7, 11) is 1.92. The summed E-state index contributed by atoms with van der Waals surface area (Å²) in [5.41, 5.74) is 14.0. The molecule has 4 nitrogen and oxygen atoms in total. The van der Waals surface area contributed by atoms with Crippen LogP contribution in [-0.4, -0.2) is 13.0 Å². The van der Waals surface area contributed by atoms with Gasteiger partial charge >= 0.3 is 0 Å². The van der Waals surface area contributed by atoms with Gasteiger partial charge in [-0.25, -0.2) is 0 Å². The monoisotopic (exact) mass is 241 g/mol. The smallest absolute Gasteiger partial charge is 0.248 e. The first-order valence-corrected chi connectivity index (χ1v) is 5.57. The van der Waals surface area contributed by atoms with E-state index in [0.29, 0.717) is 11.3 Å². The average Bonchev–Trinajstić information content (AvgIpc) is 2.38. The second-order valence-corrected chi connectivity index (χ2v) is 4.03. The highest BCUT2D eigenvalue weighted by molar-refractivity contribution is 5.95. The summed E-state index contributed by atoms with van der Waals surface area (Å²) in [5, 5.41) is 0. The first-order valence-electron chi connectivity index (χ1n) is 5.57. The van der Waals surface area contributed by atoms with Crippen molar-refractivity contribution >= 4 is 23.0 Å². The number of nitrogens with zero attached hydrogens (tertiary/aromatic N) is 1. The number of anilines is 3. The topological polar surface area (TPSA) is 72.3 Å². The molecule has 0 atom stereocenters. The van der Waals surface area contributed by atoms with Crippen LogP contribution in [0.5, 0.6) is 0 Å². The average molecular weight is 241 g/mol. The number of carbonyl (C=O) groups excluding carboxylic acids is 1. The molecule has 0 fully saturated rings. The molecule has 92 valence electrons. The fourth-order valence-corrected chi connectivity index (χ4v) is 1.80. The Kier molecular flexibility index (Phi) is 3.19. The highest BCUT2D eigenvalue weighted by Crippen LogP contribution is 2.29. The van der Waals surface area contributed by atoms with Gasteiger partial charge in [0.15, 0.2) is 0 Å². The molecular weight excluding hydrogens is 226 g/mol. The van der Waals surface area contributed by atoms with Gasteiger partial charge in [-0.1, -0.05) is 18.2 Å². The van der Waals surface area contributed by atoms with Crippen molar-refractivity contribution in [3.05, 3.63) is 54.1 Å². The van der Waals surface area contributed by atoms with E-state index in [-0.39, 0.29) is 0 Å². The summed E-state index contributed by atoms with van der Waals surface area (Å²) < 4.78 is 0. The second-order valence-electron chi connectivity index (χ2n) is 4.03. The molecule has 2 aromatic rings. The zero-order valence-corrected chi connectivity index (χ0v) is 10.1. The molecule has 0 aliphatic heterocycles. The van der Waals surface area contributed by atoms with Crippen LogP contribution in [0.1, 0.15) is 10.4 Å². The molecule has 1 amide bonds. The molecular formula is C14H15N3O. The lowest BCUT2D eigenvalue weighted by Gasteiger charge is -2.21. The number of para-hydroxylation sites is 1. The summed E-state index contributed by atoms with van der Waals surface area (Å²) in [5.74, 6) is -0.476. The van der Waals surface area contributed by atoms with Crippen molar-refractivity contribution in [2.45, 2.75) is 0 Å². The van der Waals surface area contributed by atoms with Gasteiger partial charge in [0.2, 0.25) is 5.91 Å². The fourth-order valence-electron chi connectivity index (χ4n) is 1.80.